The van der Waals surface area contributed by atoms with Gasteiger partial charge in [0.2, 0.25) is 0 Å². The number of aromatic nitrogens is 2. The summed E-state index contributed by atoms with van der Waals surface area (Å²) in [6, 6.07) is 15.2. The first-order valence-corrected chi connectivity index (χ1v) is 14.4. The minimum atomic E-state index is -5.40. The third-order valence-corrected chi connectivity index (χ3v) is 9.23. The van der Waals surface area contributed by atoms with Crippen molar-refractivity contribution in [3.63, 3.8) is 0 Å². The van der Waals surface area contributed by atoms with Gasteiger partial charge in [0.05, 0.1) is 4.90 Å². The predicted molar refractivity (Wildman–Crippen MR) is 134 cm³/mol. The second-order valence-electron chi connectivity index (χ2n) is 9.26. The molecule has 0 bridgehead atoms. The topological polar surface area (TPSA) is 92.7 Å². The van der Waals surface area contributed by atoms with Crippen LogP contribution in [0.2, 0.25) is 0 Å². The van der Waals surface area contributed by atoms with E-state index in [-0.39, 0.29) is 21.4 Å². The van der Waals surface area contributed by atoms with E-state index in [0.29, 0.717) is 18.0 Å². The maximum Gasteiger partial charge on any atom is 0.493 e. The van der Waals surface area contributed by atoms with Gasteiger partial charge in [0, 0.05) is 23.6 Å². The average Bonchev–Trinajstić information content (AvgIpc) is 3.45. The Hall–Kier alpha value is -3.03. The van der Waals surface area contributed by atoms with Crippen LogP contribution in [0.25, 0.3) is 0 Å². The number of benzene rings is 2. The van der Waals surface area contributed by atoms with E-state index in [0.717, 1.165) is 56.1 Å². The normalized spacial score (nSPS) is 20.5. The Kier molecular flexibility index (Phi) is 7.43. The number of sulfonamides is 1. The largest absolute Gasteiger partial charge is 0.493 e. The zero-order valence-corrected chi connectivity index (χ0v) is 21.8. The molecule has 0 unspecified atom stereocenters. The molecule has 1 aromatic heterocycles. The van der Waals surface area contributed by atoms with Crippen molar-refractivity contribution in [1.29, 1.82) is 0 Å². The molecule has 202 valence electrons. The van der Waals surface area contributed by atoms with Crippen LogP contribution in [-0.4, -0.2) is 41.4 Å². The Bertz CT molecular complexity index is 1390. The quantitative estimate of drug-likeness (QED) is 0.371. The molecule has 2 heterocycles. The maximum absolute atomic E-state index is 13.4. The number of hydrogen-bond acceptors (Lipinski definition) is 8. The van der Waals surface area contributed by atoms with Crippen LogP contribution in [0.4, 0.5) is 18.3 Å². The van der Waals surface area contributed by atoms with Gasteiger partial charge in [-0.15, -0.1) is 0 Å². The number of anilines is 1. The number of fused-ring (bicyclic) bond motifs is 1. The van der Waals surface area contributed by atoms with E-state index in [4.69, 9.17) is 0 Å². The summed E-state index contributed by atoms with van der Waals surface area (Å²) in [4.78, 5) is 21.7. The molecule has 38 heavy (non-hydrogen) atoms. The lowest BCUT2D eigenvalue weighted by atomic mass is 9.83. The number of carbonyl (C=O) groups is 1. The van der Waals surface area contributed by atoms with E-state index in [1.807, 2.05) is 18.2 Å². The highest BCUT2D eigenvalue weighted by Gasteiger charge is 2.46. The number of aryl methyl sites for hydroxylation is 1. The van der Waals surface area contributed by atoms with Crippen LogP contribution in [0, 0.1) is 0 Å². The third kappa shape index (κ3) is 5.27. The number of likely N-dealkylation sites (tertiary alicyclic amines) is 1. The summed E-state index contributed by atoms with van der Waals surface area (Å²) >= 11 is 0.486. The predicted octanol–water partition coefficient (Wildman–Crippen LogP) is 5.36. The summed E-state index contributed by atoms with van der Waals surface area (Å²) in [7, 11) is -4.72. The van der Waals surface area contributed by atoms with Crippen molar-refractivity contribution in [2.75, 3.05) is 11.0 Å². The van der Waals surface area contributed by atoms with Crippen LogP contribution in [0.15, 0.2) is 59.8 Å². The van der Waals surface area contributed by atoms with Gasteiger partial charge in [-0.05, 0) is 67.5 Å². The molecular formula is C25H25F3N4O4S2. The highest BCUT2D eigenvalue weighted by Crippen LogP contribution is 2.43. The number of nitrogens with zero attached hydrogens (tertiary/aromatic N) is 4. The van der Waals surface area contributed by atoms with E-state index in [1.165, 1.54) is 17.7 Å². The molecule has 5 rings (SSSR count). The van der Waals surface area contributed by atoms with Gasteiger partial charge >= 0.3 is 12.1 Å². The lowest BCUT2D eigenvalue weighted by Crippen LogP contribution is -2.39. The molecule has 2 aliphatic rings. The van der Waals surface area contributed by atoms with Crippen LogP contribution >= 0.6 is 11.5 Å². The molecule has 0 N–H and O–H groups in total. The average molecular weight is 567 g/mol. The van der Waals surface area contributed by atoms with Crippen molar-refractivity contribution in [3.05, 3.63) is 71.5 Å². The number of piperidine rings is 1. The van der Waals surface area contributed by atoms with Crippen LogP contribution in [0.3, 0.4) is 0 Å². The molecule has 0 radical (unpaired) electrons. The molecular weight excluding hydrogens is 541 g/mol. The van der Waals surface area contributed by atoms with Crippen LogP contribution < -0.4 is 4.47 Å². The Morgan fingerprint density at radius 1 is 1.05 bits per heavy atom. The first kappa shape index (κ1) is 26.6. The molecule has 8 nitrogen and oxygen atoms in total. The molecule has 3 aromatic rings. The van der Waals surface area contributed by atoms with E-state index in [2.05, 4.69) is 31.2 Å². The van der Waals surface area contributed by atoms with Crippen molar-refractivity contribution in [3.8, 4) is 0 Å². The lowest BCUT2D eigenvalue weighted by Gasteiger charge is -2.44. The van der Waals surface area contributed by atoms with Gasteiger partial charge in [-0.25, -0.2) is 9.78 Å². The molecule has 2 aromatic carbocycles. The Balaban J connectivity index is 1.48. The summed E-state index contributed by atoms with van der Waals surface area (Å²) in [6.07, 6.45) is 1.18. The Morgan fingerprint density at radius 3 is 2.53 bits per heavy atom. The van der Waals surface area contributed by atoms with E-state index >= 15 is 0 Å². The van der Waals surface area contributed by atoms with E-state index in [1.54, 1.807) is 6.07 Å². The van der Waals surface area contributed by atoms with Crippen molar-refractivity contribution in [2.24, 2.45) is 0 Å². The van der Waals surface area contributed by atoms with Crippen molar-refractivity contribution in [2.45, 2.75) is 61.7 Å². The molecule has 0 saturated carbocycles. The van der Waals surface area contributed by atoms with Crippen LogP contribution in [0.5, 0.6) is 0 Å². The van der Waals surface area contributed by atoms with Crippen LogP contribution in [-0.2, 0) is 26.1 Å². The van der Waals surface area contributed by atoms with E-state index < -0.39 is 27.3 Å². The molecule has 1 saturated heterocycles. The number of halogens is 3. The van der Waals surface area contributed by atoms with Gasteiger partial charge in [0.15, 0.2) is 0 Å². The minimum Gasteiger partial charge on any atom is -0.314 e. The molecule has 1 aliphatic heterocycles. The van der Waals surface area contributed by atoms with Gasteiger partial charge in [-0.2, -0.15) is 26.0 Å². The van der Waals surface area contributed by atoms with Crippen molar-refractivity contribution in [1.82, 2.24) is 14.3 Å². The van der Waals surface area contributed by atoms with Gasteiger partial charge in [-0.3, -0.25) is 4.90 Å². The maximum atomic E-state index is 13.4. The van der Waals surface area contributed by atoms with Gasteiger partial charge in [0.1, 0.15) is 6.33 Å². The summed E-state index contributed by atoms with van der Waals surface area (Å²) in [5, 5.41) is -0.516. The van der Waals surface area contributed by atoms with Gasteiger partial charge < -0.3 is 4.84 Å². The fourth-order valence-electron chi connectivity index (χ4n) is 5.29. The highest BCUT2D eigenvalue weighted by atomic mass is 32.2. The molecule has 1 fully saturated rings. The Morgan fingerprint density at radius 2 is 1.82 bits per heavy atom. The zero-order chi connectivity index (χ0) is 26.9. The van der Waals surface area contributed by atoms with Gasteiger partial charge in [-0.1, -0.05) is 47.3 Å². The van der Waals surface area contributed by atoms with Crippen molar-refractivity contribution >= 4 is 32.7 Å². The monoisotopic (exact) mass is 566 g/mol. The second kappa shape index (κ2) is 10.6. The first-order chi connectivity index (χ1) is 18.2. The molecule has 2 atom stereocenters. The molecule has 1 aliphatic carbocycles. The fraction of sp³-hybridized carbons (Fsp3) is 0.400. The van der Waals surface area contributed by atoms with Crippen LogP contribution in [0.1, 0.15) is 60.9 Å². The standard InChI is InChI=1S/C25H25F3N4O4S2/c26-25(27,28)23(33)36-32(24-29-16-30-37-24)38(34,35)19-12-13-20-18(15-19)9-6-11-22(20)31-14-5-4-10-21(31)17-7-2-1-3-8-17/h1-3,7-8,12-13,15-16,21-22H,4-6,9-11,14H2/t21-,22-/m0/s1. The molecule has 0 amide bonds. The fourth-order valence-corrected chi connectivity index (χ4v) is 7.21. The minimum absolute atomic E-state index is 0.0864. The SMILES string of the molecule is O=C(ON(c1ncns1)S(=O)(=O)c1ccc2c(c1)CCC[C@@H]2N1CCCC[C@H]1c1ccccc1)C(F)(F)F. The third-order valence-electron chi connectivity index (χ3n) is 6.95. The number of rotatable bonds is 6. The van der Waals surface area contributed by atoms with E-state index in [9.17, 15) is 26.4 Å². The number of hydrogen-bond donors (Lipinski definition) is 0. The zero-order valence-electron chi connectivity index (χ0n) is 20.2. The van der Waals surface area contributed by atoms with Crippen molar-refractivity contribution < 1.29 is 31.2 Å². The summed E-state index contributed by atoms with van der Waals surface area (Å²) in [5.41, 5.74) is 3.06. The molecule has 0 spiro atoms. The number of carbonyl (C=O) groups excluding carboxylic acids is 1. The second-order valence-corrected chi connectivity index (χ2v) is 11.8. The lowest BCUT2D eigenvalue weighted by molar-refractivity contribution is -0.199. The summed E-state index contributed by atoms with van der Waals surface area (Å²) in [6.45, 7) is 0.919. The highest BCUT2D eigenvalue weighted by molar-refractivity contribution is 7.92. The Labute approximate surface area is 222 Å². The number of alkyl halides is 3. The summed E-state index contributed by atoms with van der Waals surface area (Å²) in [5.74, 6) is -2.67. The smallest absolute Gasteiger partial charge is 0.314 e. The first-order valence-electron chi connectivity index (χ1n) is 12.2. The molecule has 13 heteroatoms. The van der Waals surface area contributed by atoms with Gasteiger partial charge in [0.25, 0.3) is 15.2 Å². The summed E-state index contributed by atoms with van der Waals surface area (Å²) < 4.78 is 69.1.